The standard InChI is InChI=1S/C21H19F3N6O5S3/c1-8-28-29-20(38-8)37-7-10-6-36-17-13(16(32)30(17)14(10)18(33)34)27-15(31)12(25)9-3-2-4-11(5-9)26-19(35)21(22,23)24/h2-5,12-13,17H,6-7,25H2,1H3,(H,26,35)(H,27,31)(H,33,34)/t12?,13?,17-/m1/s1. The van der Waals surface area contributed by atoms with Gasteiger partial charge >= 0.3 is 18.1 Å². The molecular weight excluding hydrogens is 569 g/mol. The van der Waals surface area contributed by atoms with E-state index in [1.165, 1.54) is 53.1 Å². The molecule has 1 aromatic carbocycles. The number of alkyl halides is 3. The van der Waals surface area contributed by atoms with Crippen LogP contribution >= 0.6 is 34.9 Å². The summed E-state index contributed by atoms with van der Waals surface area (Å²) >= 11 is 3.97. The van der Waals surface area contributed by atoms with E-state index in [1.807, 2.05) is 0 Å². The maximum absolute atomic E-state index is 12.9. The Hall–Kier alpha value is -3.15. The number of nitrogens with zero attached hydrogens (tertiary/aromatic N) is 3. The van der Waals surface area contributed by atoms with Gasteiger partial charge in [0.1, 0.15) is 28.2 Å². The summed E-state index contributed by atoms with van der Waals surface area (Å²) in [7, 11) is 0. The highest BCUT2D eigenvalue weighted by atomic mass is 32.2. The van der Waals surface area contributed by atoms with Crippen LogP contribution in [0.15, 0.2) is 39.9 Å². The van der Waals surface area contributed by atoms with E-state index < -0.39 is 47.3 Å². The quantitative estimate of drug-likeness (QED) is 0.264. The van der Waals surface area contributed by atoms with Crippen LogP contribution in [0, 0.1) is 6.92 Å². The Morgan fingerprint density at radius 1 is 1.32 bits per heavy atom. The Bertz CT molecular complexity index is 1330. The zero-order valence-electron chi connectivity index (χ0n) is 19.3. The summed E-state index contributed by atoms with van der Waals surface area (Å²) in [5, 5.41) is 22.0. The van der Waals surface area contributed by atoms with Crippen LogP contribution in [0.1, 0.15) is 16.6 Å². The molecule has 2 aliphatic rings. The number of hydrogen-bond donors (Lipinski definition) is 4. The van der Waals surface area contributed by atoms with Crippen LogP contribution < -0.4 is 16.4 Å². The third kappa shape index (κ3) is 5.79. The van der Waals surface area contributed by atoms with E-state index in [2.05, 4.69) is 15.5 Å². The number of aryl methyl sites for hydroxylation is 1. The highest BCUT2D eigenvalue weighted by molar-refractivity contribution is 8.01. The van der Waals surface area contributed by atoms with Crippen molar-refractivity contribution in [2.24, 2.45) is 5.73 Å². The van der Waals surface area contributed by atoms with E-state index in [4.69, 9.17) is 5.73 Å². The number of nitrogens with one attached hydrogen (secondary N) is 2. The zero-order chi connectivity index (χ0) is 27.8. The van der Waals surface area contributed by atoms with Crippen LogP contribution in [-0.4, -0.2) is 73.0 Å². The first-order valence-electron chi connectivity index (χ1n) is 10.7. The molecule has 202 valence electrons. The maximum atomic E-state index is 12.9. The van der Waals surface area contributed by atoms with Crippen molar-refractivity contribution >= 4 is 64.2 Å². The normalized spacial score (nSPS) is 19.9. The molecule has 3 heterocycles. The average molecular weight is 589 g/mol. The smallest absolute Gasteiger partial charge is 0.471 e. The minimum absolute atomic E-state index is 0.0970. The van der Waals surface area contributed by atoms with Gasteiger partial charge < -0.3 is 21.5 Å². The number of aliphatic carboxylic acids is 1. The number of benzene rings is 1. The van der Waals surface area contributed by atoms with Crippen molar-refractivity contribution in [2.75, 3.05) is 16.8 Å². The minimum Gasteiger partial charge on any atom is -0.477 e. The van der Waals surface area contributed by atoms with Gasteiger partial charge in [0.25, 0.3) is 5.91 Å². The highest BCUT2D eigenvalue weighted by Gasteiger charge is 2.54. The summed E-state index contributed by atoms with van der Waals surface area (Å²) in [5.74, 6) is -4.27. The van der Waals surface area contributed by atoms with Gasteiger partial charge in [-0.15, -0.1) is 22.0 Å². The SMILES string of the molecule is Cc1nnc(SCC2=C(C(=O)O)N3C(=O)C(NC(=O)C(N)c4cccc(NC(=O)C(F)(F)F)c4)[C@H]3SC2)s1. The second-order valence-corrected chi connectivity index (χ2v) is 11.6. The lowest BCUT2D eigenvalue weighted by molar-refractivity contribution is -0.167. The lowest BCUT2D eigenvalue weighted by Gasteiger charge is -2.49. The molecule has 3 amide bonds. The minimum atomic E-state index is -5.09. The maximum Gasteiger partial charge on any atom is 0.471 e. The number of halogens is 3. The largest absolute Gasteiger partial charge is 0.477 e. The number of carboxylic acid groups (broad SMARTS) is 1. The van der Waals surface area contributed by atoms with E-state index in [0.717, 1.165) is 16.0 Å². The van der Waals surface area contributed by atoms with E-state index in [-0.39, 0.29) is 16.9 Å². The molecule has 0 bridgehead atoms. The van der Waals surface area contributed by atoms with Gasteiger partial charge in [0, 0.05) is 17.2 Å². The molecule has 38 heavy (non-hydrogen) atoms. The lowest BCUT2D eigenvalue weighted by Crippen LogP contribution is -2.71. The molecule has 1 aromatic heterocycles. The average Bonchev–Trinajstić information content (AvgIpc) is 3.29. The summed E-state index contributed by atoms with van der Waals surface area (Å²) in [6, 6.07) is 2.60. The van der Waals surface area contributed by atoms with Crippen molar-refractivity contribution in [3.63, 3.8) is 0 Å². The highest BCUT2D eigenvalue weighted by Crippen LogP contribution is 2.42. The van der Waals surface area contributed by atoms with Crippen molar-refractivity contribution in [3.8, 4) is 0 Å². The van der Waals surface area contributed by atoms with Gasteiger partial charge in [-0.1, -0.05) is 35.2 Å². The monoisotopic (exact) mass is 588 g/mol. The Balaban J connectivity index is 1.42. The van der Waals surface area contributed by atoms with Gasteiger partial charge in [-0.25, -0.2) is 4.79 Å². The fourth-order valence-corrected chi connectivity index (χ4v) is 6.99. The van der Waals surface area contributed by atoms with Crippen LogP contribution in [0.5, 0.6) is 0 Å². The number of amides is 3. The van der Waals surface area contributed by atoms with Crippen LogP contribution in [0.2, 0.25) is 0 Å². The predicted octanol–water partition coefficient (Wildman–Crippen LogP) is 1.88. The van der Waals surface area contributed by atoms with Gasteiger partial charge in [-0.05, 0) is 30.2 Å². The van der Waals surface area contributed by atoms with E-state index >= 15 is 0 Å². The van der Waals surface area contributed by atoms with Crippen molar-refractivity contribution < 1.29 is 37.5 Å². The second-order valence-electron chi connectivity index (χ2n) is 8.08. The number of carbonyl (C=O) groups excluding carboxylic acids is 3. The fraction of sp³-hybridized carbons (Fsp3) is 0.333. The number of aromatic nitrogens is 2. The lowest BCUT2D eigenvalue weighted by atomic mass is 10.0. The fourth-order valence-electron chi connectivity index (χ4n) is 3.69. The van der Waals surface area contributed by atoms with Crippen LogP contribution in [0.25, 0.3) is 0 Å². The first kappa shape index (κ1) is 27.9. The molecule has 11 nitrogen and oxygen atoms in total. The van der Waals surface area contributed by atoms with Gasteiger partial charge in [0.05, 0.1) is 0 Å². The summed E-state index contributed by atoms with van der Waals surface area (Å²) in [4.78, 5) is 50.0. The van der Waals surface area contributed by atoms with Gasteiger partial charge in [-0.2, -0.15) is 13.2 Å². The molecule has 0 saturated carbocycles. The van der Waals surface area contributed by atoms with E-state index in [1.54, 1.807) is 12.2 Å². The summed E-state index contributed by atoms with van der Waals surface area (Å²) in [6.45, 7) is 1.80. The summed E-state index contributed by atoms with van der Waals surface area (Å²) in [6.07, 6.45) is -5.09. The van der Waals surface area contributed by atoms with Crippen molar-refractivity contribution in [2.45, 2.75) is 34.9 Å². The number of fused-ring (bicyclic) bond motifs is 1. The third-order valence-corrected chi connectivity index (χ3v) is 8.87. The number of β-lactam (4-membered cyclic amide) rings is 1. The molecule has 4 rings (SSSR count). The van der Waals surface area contributed by atoms with Crippen LogP contribution in [0.4, 0.5) is 18.9 Å². The number of carboxylic acids is 1. The first-order chi connectivity index (χ1) is 17.9. The molecule has 1 fully saturated rings. The molecule has 5 N–H and O–H groups in total. The molecule has 2 unspecified atom stereocenters. The Morgan fingerprint density at radius 3 is 2.68 bits per heavy atom. The third-order valence-electron chi connectivity index (χ3n) is 5.47. The Morgan fingerprint density at radius 2 is 2.05 bits per heavy atom. The molecule has 17 heteroatoms. The number of rotatable bonds is 8. The van der Waals surface area contributed by atoms with Gasteiger partial charge in [0.15, 0.2) is 4.34 Å². The molecule has 2 aliphatic heterocycles. The number of nitrogens with two attached hydrogens (primary N) is 1. The Kier molecular flexibility index (Phi) is 8.01. The van der Waals surface area contributed by atoms with Gasteiger partial charge in [0.2, 0.25) is 5.91 Å². The molecule has 1 saturated heterocycles. The Labute approximate surface area is 225 Å². The molecule has 3 atom stereocenters. The second kappa shape index (κ2) is 10.9. The predicted molar refractivity (Wildman–Crippen MR) is 133 cm³/mol. The zero-order valence-corrected chi connectivity index (χ0v) is 21.8. The van der Waals surface area contributed by atoms with Gasteiger partial charge in [-0.3, -0.25) is 19.3 Å². The van der Waals surface area contributed by atoms with Crippen LogP contribution in [0.3, 0.4) is 0 Å². The summed E-state index contributed by atoms with van der Waals surface area (Å²) in [5.41, 5.74) is 6.23. The number of anilines is 1. The number of thioether (sulfide) groups is 2. The van der Waals surface area contributed by atoms with Crippen molar-refractivity contribution in [1.82, 2.24) is 20.4 Å². The molecule has 0 spiro atoms. The van der Waals surface area contributed by atoms with Crippen molar-refractivity contribution in [3.05, 3.63) is 46.1 Å². The first-order valence-corrected chi connectivity index (χ1v) is 13.6. The molecule has 0 radical (unpaired) electrons. The van der Waals surface area contributed by atoms with Crippen LogP contribution in [-0.2, 0) is 19.2 Å². The molecular formula is C21H19F3N6O5S3. The molecule has 0 aliphatic carbocycles. The van der Waals surface area contributed by atoms with E-state index in [9.17, 15) is 37.5 Å². The summed E-state index contributed by atoms with van der Waals surface area (Å²) < 4.78 is 38.2. The van der Waals surface area contributed by atoms with Crippen molar-refractivity contribution in [1.29, 1.82) is 0 Å². The molecule has 2 aromatic rings. The number of hydrogen-bond acceptors (Lipinski definition) is 10. The topological polar surface area (TPSA) is 168 Å². The number of carbonyl (C=O) groups is 4. The van der Waals surface area contributed by atoms with E-state index in [0.29, 0.717) is 21.4 Å².